The number of aromatic nitrogens is 2. The van der Waals surface area contributed by atoms with Crippen LogP contribution < -0.4 is 10.1 Å². The average molecular weight is 428 g/mol. The van der Waals surface area contributed by atoms with Crippen LogP contribution in [0, 0.1) is 5.82 Å². The second-order valence-corrected chi connectivity index (χ2v) is 6.43. The number of ether oxygens (including phenoxy) is 1. The Bertz CT molecular complexity index is 1020. The van der Waals surface area contributed by atoms with E-state index in [2.05, 4.69) is 15.2 Å². The van der Waals surface area contributed by atoms with Crippen molar-refractivity contribution in [1.29, 1.82) is 0 Å². The minimum Gasteiger partial charge on any atom is -0.484 e. The SMILES string of the molecule is O=C(Nc1ccn(Cc2ccc(F)cc2Cl)n1)c1cccc(OCC(F)(F)F)c1. The van der Waals surface area contributed by atoms with Crippen LogP contribution in [0.25, 0.3) is 0 Å². The Morgan fingerprint density at radius 2 is 1.97 bits per heavy atom. The van der Waals surface area contributed by atoms with Crippen molar-refractivity contribution in [3.8, 4) is 5.75 Å². The van der Waals surface area contributed by atoms with Gasteiger partial charge in [-0.25, -0.2) is 4.39 Å². The van der Waals surface area contributed by atoms with E-state index in [4.69, 9.17) is 11.6 Å². The van der Waals surface area contributed by atoms with E-state index in [0.717, 1.165) is 0 Å². The number of hydrogen-bond donors (Lipinski definition) is 1. The maximum atomic E-state index is 13.1. The lowest BCUT2D eigenvalue weighted by molar-refractivity contribution is -0.153. The zero-order chi connectivity index (χ0) is 21.0. The quantitative estimate of drug-likeness (QED) is 0.568. The Kier molecular flexibility index (Phi) is 6.07. The molecule has 0 aliphatic rings. The predicted octanol–water partition coefficient (Wildman–Crippen LogP) is 4.92. The van der Waals surface area contributed by atoms with E-state index >= 15 is 0 Å². The van der Waals surface area contributed by atoms with Gasteiger partial charge in [0.25, 0.3) is 5.91 Å². The first-order valence-electron chi connectivity index (χ1n) is 8.28. The van der Waals surface area contributed by atoms with Crippen molar-refractivity contribution in [2.45, 2.75) is 12.7 Å². The van der Waals surface area contributed by atoms with Crippen molar-refractivity contribution in [3.63, 3.8) is 0 Å². The molecule has 1 amide bonds. The van der Waals surface area contributed by atoms with E-state index in [1.165, 1.54) is 47.1 Å². The van der Waals surface area contributed by atoms with Gasteiger partial charge in [0, 0.05) is 22.8 Å². The molecule has 10 heteroatoms. The van der Waals surface area contributed by atoms with Gasteiger partial charge in [0.05, 0.1) is 6.54 Å². The van der Waals surface area contributed by atoms with E-state index in [1.54, 1.807) is 12.3 Å². The van der Waals surface area contributed by atoms with Crippen LogP contribution in [0.2, 0.25) is 5.02 Å². The lowest BCUT2D eigenvalue weighted by Crippen LogP contribution is -2.19. The smallest absolute Gasteiger partial charge is 0.422 e. The van der Waals surface area contributed by atoms with Crippen molar-refractivity contribution in [2.75, 3.05) is 11.9 Å². The summed E-state index contributed by atoms with van der Waals surface area (Å²) in [4.78, 5) is 12.3. The number of alkyl halides is 3. The molecule has 0 atom stereocenters. The molecule has 0 spiro atoms. The summed E-state index contributed by atoms with van der Waals surface area (Å²) in [6, 6.07) is 10.9. The van der Waals surface area contributed by atoms with E-state index in [9.17, 15) is 22.4 Å². The molecule has 0 saturated heterocycles. The Morgan fingerprint density at radius 3 is 2.69 bits per heavy atom. The summed E-state index contributed by atoms with van der Waals surface area (Å²) in [6.07, 6.45) is -2.88. The molecule has 152 valence electrons. The number of carbonyl (C=O) groups is 1. The highest BCUT2D eigenvalue weighted by Gasteiger charge is 2.28. The number of amides is 1. The van der Waals surface area contributed by atoms with Crippen LogP contribution >= 0.6 is 11.6 Å². The molecule has 0 aliphatic heterocycles. The zero-order valence-corrected chi connectivity index (χ0v) is 15.5. The predicted molar refractivity (Wildman–Crippen MR) is 98.7 cm³/mol. The fraction of sp³-hybridized carbons (Fsp3) is 0.158. The van der Waals surface area contributed by atoms with Gasteiger partial charge < -0.3 is 10.1 Å². The number of nitrogens with one attached hydrogen (secondary N) is 1. The number of benzene rings is 2. The third kappa shape index (κ3) is 5.95. The van der Waals surface area contributed by atoms with Crippen LogP contribution in [-0.4, -0.2) is 28.5 Å². The van der Waals surface area contributed by atoms with Crippen molar-refractivity contribution in [3.05, 3.63) is 76.7 Å². The lowest BCUT2D eigenvalue weighted by atomic mass is 10.2. The second-order valence-electron chi connectivity index (χ2n) is 6.02. The molecule has 5 nitrogen and oxygen atoms in total. The van der Waals surface area contributed by atoms with Gasteiger partial charge >= 0.3 is 6.18 Å². The molecular weight excluding hydrogens is 414 g/mol. The van der Waals surface area contributed by atoms with Crippen LogP contribution in [0.4, 0.5) is 23.4 Å². The normalized spacial score (nSPS) is 11.3. The minimum absolute atomic E-state index is 0.0774. The molecule has 1 aromatic heterocycles. The molecule has 0 unspecified atom stereocenters. The maximum absolute atomic E-state index is 13.1. The van der Waals surface area contributed by atoms with Crippen LogP contribution in [-0.2, 0) is 6.54 Å². The van der Waals surface area contributed by atoms with Crippen molar-refractivity contribution in [1.82, 2.24) is 9.78 Å². The summed E-state index contributed by atoms with van der Waals surface area (Å²) in [7, 11) is 0. The summed E-state index contributed by atoms with van der Waals surface area (Å²) in [5.41, 5.74) is 0.754. The molecule has 3 aromatic rings. The first-order chi connectivity index (χ1) is 13.7. The first kappa shape index (κ1) is 20.7. The number of anilines is 1. The summed E-state index contributed by atoms with van der Waals surface area (Å²) in [5, 5.41) is 6.98. The standard InChI is InChI=1S/C19H14ClF4N3O2/c20-16-9-14(21)5-4-13(16)10-27-7-6-17(26-27)25-18(28)12-2-1-3-15(8-12)29-11-19(22,23)24/h1-9H,10-11H2,(H,25,26,28). The third-order valence-corrected chi connectivity index (χ3v) is 4.08. The number of halogens is 5. The molecule has 0 saturated carbocycles. The fourth-order valence-electron chi connectivity index (χ4n) is 2.42. The van der Waals surface area contributed by atoms with E-state index < -0.39 is 24.5 Å². The van der Waals surface area contributed by atoms with Crippen molar-refractivity contribution < 1.29 is 27.1 Å². The molecule has 2 aromatic carbocycles. The molecule has 1 heterocycles. The number of rotatable bonds is 6. The van der Waals surface area contributed by atoms with Gasteiger partial charge in [-0.3, -0.25) is 9.48 Å². The van der Waals surface area contributed by atoms with Gasteiger partial charge in [-0.15, -0.1) is 0 Å². The molecule has 0 bridgehead atoms. The maximum Gasteiger partial charge on any atom is 0.422 e. The van der Waals surface area contributed by atoms with Crippen LogP contribution in [0.15, 0.2) is 54.7 Å². The molecule has 1 N–H and O–H groups in total. The monoisotopic (exact) mass is 427 g/mol. The summed E-state index contributed by atoms with van der Waals surface area (Å²) >= 11 is 5.99. The van der Waals surface area contributed by atoms with Gasteiger partial charge in [0.15, 0.2) is 12.4 Å². The first-order valence-corrected chi connectivity index (χ1v) is 8.66. The molecular formula is C19H14ClF4N3O2. The average Bonchev–Trinajstić information content (AvgIpc) is 3.09. The molecule has 3 rings (SSSR count). The number of nitrogens with zero attached hydrogens (tertiary/aromatic N) is 2. The van der Waals surface area contributed by atoms with Crippen LogP contribution in [0.5, 0.6) is 5.75 Å². The molecule has 0 radical (unpaired) electrons. The number of hydrogen-bond acceptors (Lipinski definition) is 3. The lowest BCUT2D eigenvalue weighted by Gasteiger charge is -2.10. The summed E-state index contributed by atoms with van der Waals surface area (Å²) in [6.45, 7) is -1.19. The number of carbonyl (C=O) groups excluding carboxylic acids is 1. The Morgan fingerprint density at radius 1 is 1.17 bits per heavy atom. The third-order valence-electron chi connectivity index (χ3n) is 3.73. The van der Waals surface area contributed by atoms with Gasteiger partial charge in [-0.05, 0) is 35.9 Å². The van der Waals surface area contributed by atoms with E-state index in [0.29, 0.717) is 5.56 Å². The largest absolute Gasteiger partial charge is 0.484 e. The molecule has 29 heavy (non-hydrogen) atoms. The minimum atomic E-state index is -4.47. The summed E-state index contributed by atoms with van der Waals surface area (Å²) in [5.74, 6) is -0.859. The second kappa shape index (κ2) is 8.52. The van der Waals surface area contributed by atoms with Gasteiger partial charge in [-0.1, -0.05) is 23.7 Å². The van der Waals surface area contributed by atoms with Crippen LogP contribution in [0.1, 0.15) is 15.9 Å². The highest BCUT2D eigenvalue weighted by molar-refractivity contribution is 6.31. The van der Waals surface area contributed by atoms with Crippen molar-refractivity contribution >= 4 is 23.3 Å². The van der Waals surface area contributed by atoms with Gasteiger partial charge in [-0.2, -0.15) is 18.3 Å². The highest BCUT2D eigenvalue weighted by atomic mass is 35.5. The summed E-state index contributed by atoms with van der Waals surface area (Å²) < 4.78 is 56.0. The Labute approximate surface area is 167 Å². The molecule has 0 fully saturated rings. The molecule has 0 aliphatic carbocycles. The van der Waals surface area contributed by atoms with Crippen molar-refractivity contribution in [2.24, 2.45) is 0 Å². The topological polar surface area (TPSA) is 56.2 Å². The van der Waals surface area contributed by atoms with Gasteiger partial charge in [0.2, 0.25) is 0 Å². The fourth-order valence-corrected chi connectivity index (χ4v) is 2.65. The van der Waals surface area contributed by atoms with Gasteiger partial charge in [0.1, 0.15) is 11.6 Å². The van der Waals surface area contributed by atoms with Crippen LogP contribution in [0.3, 0.4) is 0 Å². The Hall–Kier alpha value is -3.07. The zero-order valence-electron chi connectivity index (χ0n) is 14.7. The highest BCUT2D eigenvalue weighted by Crippen LogP contribution is 2.21. The van der Waals surface area contributed by atoms with E-state index in [-0.39, 0.29) is 28.7 Å². The van der Waals surface area contributed by atoms with E-state index in [1.807, 2.05) is 0 Å². The Balaban J connectivity index is 1.64.